The van der Waals surface area contributed by atoms with Gasteiger partial charge in [0, 0.05) is 0 Å². The Labute approximate surface area is 36.2 Å². The van der Waals surface area contributed by atoms with Crippen LogP contribution in [0.3, 0.4) is 0 Å². The molecule has 0 aliphatic rings. The van der Waals surface area contributed by atoms with E-state index < -0.39 is 20.1 Å². The third-order valence-electron chi connectivity index (χ3n) is 0.0797. The molecule has 0 atom stereocenters. The normalized spacial score (nSPS) is 9.20. The van der Waals surface area contributed by atoms with Crippen LogP contribution in [0.1, 0.15) is 0 Å². The van der Waals surface area contributed by atoms with E-state index in [-0.39, 0.29) is 0 Å². The van der Waals surface area contributed by atoms with Crippen molar-refractivity contribution in [1.82, 2.24) is 3.64 Å². The molecule has 0 spiro atoms. The molecule has 0 aromatic carbocycles. The Bertz CT molecular complexity index is 65.7. The van der Waals surface area contributed by atoms with Crippen molar-refractivity contribution < 1.29 is 6.14 Å². The van der Waals surface area contributed by atoms with E-state index in [9.17, 15) is 6.14 Å². The first-order valence-corrected chi connectivity index (χ1v) is 3.46. The second-order valence-corrected chi connectivity index (χ2v) is 2.00. The minimum atomic E-state index is -3.38. The van der Waals surface area contributed by atoms with E-state index in [1.807, 2.05) is 0 Å². The predicted octanol–water partition coefficient (Wildman–Crippen LogP) is -0.423. The lowest BCUT2D eigenvalue weighted by Gasteiger charge is -1.57. The zero-order valence-corrected chi connectivity index (χ0v) is 4.38. The van der Waals surface area contributed by atoms with Crippen molar-refractivity contribution in [3.8, 4) is 0 Å². The summed E-state index contributed by atoms with van der Waals surface area (Å²) in [5, 5.41) is 0. The highest BCUT2D eigenvalue weighted by Gasteiger charge is 1.73. The van der Waals surface area contributed by atoms with Gasteiger partial charge in [0.1, 0.15) is 0 Å². The number of nitrogens with two attached hydrogens (primary N) is 1. The molecule has 4 nitrogen and oxygen atoms in total. The monoisotopic (exact) mass is 189 g/mol. The van der Waals surface area contributed by atoms with Gasteiger partial charge in [0.15, 0.2) is 0 Å². The average Bonchev–Trinajstić information content (AvgIpc) is 1.38. The van der Waals surface area contributed by atoms with Gasteiger partial charge in [-0.3, -0.25) is 0 Å². The molecular formula is H2IN2O2. The van der Waals surface area contributed by atoms with Crippen molar-refractivity contribution in [2.75, 3.05) is 0 Å². The lowest BCUT2D eigenvalue weighted by Crippen LogP contribution is -1.97. The molecular weight excluding hydrogens is 187 g/mol. The second-order valence-electron chi connectivity index (χ2n) is 0.299. The quantitative estimate of drug-likeness (QED) is 0.345. The van der Waals surface area contributed by atoms with Gasteiger partial charge in [0.25, 0.3) is 0 Å². The maximum atomic E-state index is 9.21. The van der Waals surface area contributed by atoms with Crippen LogP contribution < -0.4 is 9.48 Å². The van der Waals surface area contributed by atoms with Crippen molar-refractivity contribution in [2.24, 2.45) is 5.84 Å². The Hall–Kier alpha value is 0.250. The average molecular weight is 189 g/mol. The molecule has 0 fully saturated rings. The topological polar surface area (TPSA) is 74.3 Å². The Morgan fingerprint density at radius 2 is 1.80 bits per heavy atom. The van der Waals surface area contributed by atoms with E-state index in [0.29, 0.717) is 0 Å². The molecule has 1 radical (unpaired) electrons. The third kappa shape index (κ3) is 4.25. The fourth-order valence-corrected chi connectivity index (χ4v) is 0. The van der Waals surface area contributed by atoms with Crippen molar-refractivity contribution in [2.45, 2.75) is 0 Å². The fraction of sp³-hybridized carbons (Fsp3) is 0. The lowest BCUT2D eigenvalue weighted by atomic mass is 13.0. The largest absolute Gasteiger partial charge is 0.422 e. The highest BCUT2D eigenvalue weighted by Crippen LogP contribution is 1.88. The molecule has 0 aliphatic heterocycles. The van der Waals surface area contributed by atoms with Gasteiger partial charge in [0.2, 0.25) is 0 Å². The van der Waals surface area contributed by atoms with Crippen LogP contribution in [0.2, 0.25) is 0 Å². The van der Waals surface area contributed by atoms with Gasteiger partial charge in [-0.15, -0.1) is 0 Å². The van der Waals surface area contributed by atoms with E-state index in [0.717, 1.165) is 0 Å². The minimum absolute atomic E-state index is 2.43. The van der Waals surface area contributed by atoms with Crippen LogP contribution in [0.4, 0.5) is 0 Å². The van der Waals surface area contributed by atoms with E-state index in [4.69, 9.17) is 0 Å². The van der Waals surface area contributed by atoms with Crippen LogP contribution in [0.15, 0.2) is 0 Å². The minimum Gasteiger partial charge on any atom is -0.239 e. The molecule has 0 amide bonds. The number of rotatable bonds is 1. The van der Waals surface area contributed by atoms with Gasteiger partial charge >= 0.3 is 20.1 Å². The van der Waals surface area contributed by atoms with Crippen molar-refractivity contribution in [1.29, 1.82) is 0 Å². The molecule has 0 aromatic heterocycles. The molecule has 0 rings (SSSR count). The molecule has 0 aliphatic carbocycles. The van der Waals surface area contributed by atoms with Gasteiger partial charge < -0.3 is 0 Å². The van der Waals surface area contributed by atoms with Crippen molar-refractivity contribution >= 4 is 20.1 Å². The second kappa shape index (κ2) is 2.49. The zero-order valence-electron chi connectivity index (χ0n) is 2.22. The van der Waals surface area contributed by atoms with Crippen molar-refractivity contribution in [3.05, 3.63) is 0 Å². The summed E-state index contributed by atoms with van der Waals surface area (Å²) in [6.45, 7) is 0. The standard InChI is InChI=1S/H2IN2O2/c2-3-1(4)5/h2H2. The van der Waals surface area contributed by atoms with Crippen LogP contribution in [-0.4, -0.2) is 0 Å². The summed E-state index contributed by atoms with van der Waals surface area (Å²) in [5.74, 6) is 4.24. The SMILES string of the molecule is N[N]I(=O)=O. The summed E-state index contributed by atoms with van der Waals surface area (Å²) in [6, 6.07) is 0. The van der Waals surface area contributed by atoms with Gasteiger partial charge in [0.05, 0.1) is 0 Å². The van der Waals surface area contributed by atoms with Crippen LogP contribution in [0.25, 0.3) is 0 Å². The maximum absolute atomic E-state index is 9.21. The molecule has 0 bridgehead atoms. The van der Waals surface area contributed by atoms with Crippen LogP contribution in [0, 0.1) is 0 Å². The fourth-order valence-electron chi connectivity index (χ4n) is 0. The van der Waals surface area contributed by atoms with Gasteiger partial charge in [-0.2, -0.15) is 0 Å². The molecule has 0 heterocycles. The molecule has 0 saturated carbocycles. The number of nitrogens with zero attached hydrogens (tertiary/aromatic N) is 1. The molecule has 0 unspecified atom stereocenters. The number of halogens is 1. The Morgan fingerprint density at radius 3 is 1.80 bits per heavy atom. The first-order valence-electron chi connectivity index (χ1n) is 0.736. The summed E-state index contributed by atoms with van der Waals surface area (Å²) < 4.78 is 20.8. The van der Waals surface area contributed by atoms with E-state index in [1.165, 1.54) is 0 Å². The zero-order chi connectivity index (χ0) is 4.28. The molecule has 0 saturated heterocycles. The van der Waals surface area contributed by atoms with E-state index in [2.05, 4.69) is 9.48 Å². The summed E-state index contributed by atoms with van der Waals surface area (Å²) >= 11 is -3.38. The lowest BCUT2D eigenvalue weighted by molar-refractivity contribution is 0.607. The first kappa shape index (κ1) is 5.25. The molecule has 31 valence electrons. The highest BCUT2D eigenvalue weighted by atomic mass is 127. The summed E-state index contributed by atoms with van der Waals surface area (Å²) in [4.78, 5) is 0. The Balaban J connectivity index is 3.23. The van der Waals surface area contributed by atoms with Crippen LogP contribution >= 0.6 is 20.1 Å². The molecule has 5 heteroatoms. The van der Waals surface area contributed by atoms with Gasteiger partial charge in [-0.25, -0.2) is 12.0 Å². The third-order valence-corrected chi connectivity index (χ3v) is 0.535. The van der Waals surface area contributed by atoms with E-state index in [1.54, 1.807) is 0 Å². The predicted molar refractivity (Wildman–Crippen MR) is 21.7 cm³/mol. The van der Waals surface area contributed by atoms with Gasteiger partial charge in [-0.05, 0) is 3.64 Å². The summed E-state index contributed by atoms with van der Waals surface area (Å²) in [6.07, 6.45) is 0. The first-order chi connectivity index (χ1) is 2.27. The summed E-state index contributed by atoms with van der Waals surface area (Å²) in [7, 11) is 0. The smallest absolute Gasteiger partial charge is 0.239 e. The number of hydrogen-bond donors (Lipinski definition) is 1. The Morgan fingerprint density at radius 1 is 1.60 bits per heavy atom. The summed E-state index contributed by atoms with van der Waals surface area (Å²) in [5.41, 5.74) is 0. The number of hydrogen-bond acceptors (Lipinski definition) is 3. The van der Waals surface area contributed by atoms with Crippen LogP contribution in [-0.2, 0) is 6.14 Å². The molecule has 2 N–H and O–H groups in total. The van der Waals surface area contributed by atoms with Crippen molar-refractivity contribution in [3.63, 3.8) is 0 Å². The van der Waals surface area contributed by atoms with E-state index >= 15 is 0 Å². The molecule has 5 heavy (non-hydrogen) atoms. The van der Waals surface area contributed by atoms with Gasteiger partial charge in [-0.1, -0.05) is 0 Å². The highest BCUT2D eigenvalue weighted by molar-refractivity contribution is 14.2. The Kier molecular flexibility index (Phi) is 2.61. The maximum Gasteiger partial charge on any atom is 0.422 e. The molecule has 0 aromatic rings. The van der Waals surface area contributed by atoms with Crippen LogP contribution in [0.5, 0.6) is 0 Å².